The number of hydrogen-bond acceptors (Lipinski definition) is 5. The van der Waals surface area contributed by atoms with Crippen molar-refractivity contribution in [1.82, 2.24) is 0 Å². The molecular weight excluding hydrogens is 498 g/mol. The van der Waals surface area contributed by atoms with Crippen molar-refractivity contribution in [3.63, 3.8) is 0 Å². The van der Waals surface area contributed by atoms with E-state index in [2.05, 4.69) is 21.2 Å². The molecule has 7 heteroatoms. The number of ketones is 1. The number of rotatable bonds is 7. The first kappa shape index (κ1) is 23.6. The highest BCUT2D eigenvalue weighted by Gasteiger charge is 2.24. The predicted molar refractivity (Wildman–Crippen MR) is 135 cm³/mol. The van der Waals surface area contributed by atoms with Gasteiger partial charge in [0.15, 0.2) is 12.4 Å². The van der Waals surface area contributed by atoms with E-state index >= 15 is 0 Å². The SMILES string of the molecule is COc1ccc(C(=O)c2oc3ccccc3c2NC(=O)COc2c(C)cc(C)cc2C)cc1Br. The van der Waals surface area contributed by atoms with E-state index in [0.717, 1.165) is 16.7 Å². The number of methoxy groups -OCH3 is 1. The van der Waals surface area contributed by atoms with Crippen LogP contribution in [0.2, 0.25) is 0 Å². The Labute approximate surface area is 206 Å². The lowest BCUT2D eigenvalue weighted by Gasteiger charge is -2.13. The Bertz CT molecular complexity index is 1380. The van der Waals surface area contributed by atoms with Crippen LogP contribution in [0.15, 0.2) is 63.5 Å². The van der Waals surface area contributed by atoms with Crippen molar-refractivity contribution in [1.29, 1.82) is 0 Å². The number of hydrogen-bond donors (Lipinski definition) is 1. The molecule has 0 aliphatic heterocycles. The first-order valence-corrected chi connectivity index (χ1v) is 11.5. The van der Waals surface area contributed by atoms with Gasteiger partial charge in [-0.25, -0.2) is 0 Å². The van der Waals surface area contributed by atoms with Crippen molar-refractivity contribution in [3.05, 3.63) is 87.1 Å². The van der Waals surface area contributed by atoms with Gasteiger partial charge in [-0.3, -0.25) is 9.59 Å². The monoisotopic (exact) mass is 521 g/mol. The zero-order valence-electron chi connectivity index (χ0n) is 19.3. The summed E-state index contributed by atoms with van der Waals surface area (Å²) in [4.78, 5) is 26.2. The van der Waals surface area contributed by atoms with Gasteiger partial charge < -0.3 is 19.2 Å². The van der Waals surface area contributed by atoms with Gasteiger partial charge in [-0.15, -0.1) is 0 Å². The number of benzene rings is 3. The summed E-state index contributed by atoms with van der Waals surface area (Å²) in [5, 5.41) is 3.46. The van der Waals surface area contributed by atoms with E-state index in [9.17, 15) is 9.59 Å². The third kappa shape index (κ3) is 4.70. The Balaban J connectivity index is 1.62. The van der Waals surface area contributed by atoms with Gasteiger partial charge in [-0.05, 0) is 78.2 Å². The van der Waals surface area contributed by atoms with Gasteiger partial charge in [0.25, 0.3) is 5.91 Å². The van der Waals surface area contributed by atoms with Crippen LogP contribution in [0.3, 0.4) is 0 Å². The van der Waals surface area contributed by atoms with Crippen LogP contribution >= 0.6 is 15.9 Å². The maximum absolute atomic E-state index is 13.3. The maximum atomic E-state index is 13.3. The highest BCUT2D eigenvalue weighted by molar-refractivity contribution is 9.10. The first-order valence-electron chi connectivity index (χ1n) is 10.7. The molecule has 0 saturated heterocycles. The number of para-hydroxylation sites is 1. The average molecular weight is 522 g/mol. The summed E-state index contributed by atoms with van der Waals surface area (Å²) in [5.74, 6) is 0.580. The van der Waals surface area contributed by atoms with Gasteiger partial charge in [0, 0.05) is 10.9 Å². The fourth-order valence-electron chi connectivity index (χ4n) is 3.98. The minimum atomic E-state index is -0.393. The van der Waals surface area contributed by atoms with E-state index in [1.807, 2.05) is 45.0 Å². The summed E-state index contributed by atoms with van der Waals surface area (Å²) < 4.78 is 17.6. The zero-order valence-corrected chi connectivity index (χ0v) is 20.9. The molecule has 1 aromatic heterocycles. The highest BCUT2D eigenvalue weighted by atomic mass is 79.9. The van der Waals surface area contributed by atoms with E-state index in [1.165, 1.54) is 0 Å². The molecule has 3 aromatic carbocycles. The minimum Gasteiger partial charge on any atom is -0.496 e. The second-order valence-electron chi connectivity index (χ2n) is 8.05. The maximum Gasteiger partial charge on any atom is 0.262 e. The van der Waals surface area contributed by atoms with Gasteiger partial charge in [0.05, 0.1) is 17.3 Å². The molecule has 0 aliphatic rings. The van der Waals surface area contributed by atoms with Gasteiger partial charge in [0.2, 0.25) is 5.78 Å². The molecule has 4 aromatic rings. The fourth-order valence-corrected chi connectivity index (χ4v) is 4.52. The molecule has 1 N–H and O–H groups in total. The largest absolute Gasteiger partial charge is 0.496 e. The molecule has 34 heavy (non-hydrogen) atoms. The molecule has 1 amide bonds. The number of aryl methyl sites for hydroxylation is 3. The van der Waals surface area contributed by atoms with Crippen LogP contribution in [-0.2, 0) is 4.79 Å². The first-order chi connectivity index (χ1) is 16.3. The summed E-state index contributed by atoms with van der Waals surface area (Å²) in [5.41, 5.74) is 4.26. The lowest BCUT2D eigenvalue weighted by molar-refractivity contribution is -0.118. The van der Waals surface area contributed by atoms with Crippen molar-refractivity contribution >= 4 is 44.3 Å². The number of carbonyl (C=O) groups is 2. The number of amides is 1. The van der Waals surface area contributed by atoms with E-state index < -0.39 is 5.91 Å². The number of anilines is 1. The van der Waals surface area contributed by atoms with Crippen molar-refractivity contribution in [2.75, 3.05) is 19.0 Å². The van der Waals surface area contributed by atoms with Gasteiger partial charge >= 0.3 is 0 Å². The summed E-state index contributed by atoms with van der Waals surface area (Å²) >= 11 is 3.41. The molecule has 0 atom stereocenters. The summed E-state index contributed by atoms with van der Waals surface area (Å²) in [6.07, 6.45) is 0. The molecule has 0 fully saturated rings. The molecule has 0 radical (unpaired) electrons. The van der Waals surface area contributed by atoms with E-state index in [0.29, 0.717) is 38.2 Å². The van der Waals surface area contributed by atoms with Gasteiger partial charge in [0.1, 0.15) is 17.1 Å². The van der Waals surface area contributed by atoms with Crippen molar-refractivity contribution < 1.29 is 23.5 Å². The van der Waals surface area contributed by atoms with Crippen LogP contribution in [0.5, 0.6) is 11.5 Å². The number of nitrogens with one attached hydrogen (secondary N) is 1. The van der Waals surface area contributed by atoms with Crippen LogP contribution in [0.4, 0.5) is 5.69 Å². The third-order valence-electron chi connectivity index (χ3n) is 5.43. The third-order valence-corrected chi connectivity index (χ3v) is 6.05. The van der Waals surface area contributed by atoms with E-state index in [-0.39, 0.29) is 18.2 Å². The lowest BCUT2D eigenvalue weighted by Crippen LogP contribution is -2.21. The van der Waals surface area contributed by atoms with Crippen LogP contribution < -0.4 is 14.8 Å². The smallest absolute Gasteiger partial charge is 0.262 e. The molecule has 0 aliphatic carbocycles. The Kier molecular flexibility index (Phi) is 6.75. The number of ether oxygens (including phenoxy) is 2. The number of furan rings is 1. The van der Waals surface area contributed by atoms with Gasteiger partial charge in [-0.1, -0.05) is 29.8 Å². The molecule has 0 bridgehead atoms. The standard InChI is InChI=1S/C27H24BrNO5/c1-15-11-16(2)26(17(3)12-15)33-14-23(30)29-24-19-7-5-6-8-21(19)34-27(24)25(31)18-9-10-22(32-4)20(28)13-18/h5-13H,14H2,1-4H3,(H,29,30). The summed E-state index contributed by atoms with van der Waals surface area (Å²) in [7, 11) is 1.55. The Hall–Kier alpha value is -3.58. The molecule has 1 heterocycles. The van der Waals surface area contributed by atoms with Crippen LogP contribution in [-0.4, -0.2) is 25.4 Å². The highest BCUT2D eigenvalue weighted by Crippen LogP contribution is 2.34. The van der Waals surface area contributed by atoms with Crippen molar-refractivity contribution in [2.24, 2.45) is 0 Å². The minimum absolute atomic E-state index is 0.0503. The van der Waals surface area contributed by atoms with Crippen LogP contribution in [0, 0.1) is 20.8 Å². The van der Waals surface area contributed by atoms with E-state index in [4.69, 9.17) is 13.9 Å². The van der Waals surface area contributed by atoms with Crippen LogP contribution in [0.1, 0.15) is 32.8 Å². The molecular formula is C27H24BrNO5. The lowest BCUT2D eigenvalue weighted by atomic mass is 10.1. The summed E-state index contributed by atoms with van der Waals surface area (Å²) in [6.45, 7) is 5.70. The zero-order chi connectivity index (χ0) is 24.4. The van der Waals surface area contributed by atoms with Crippen LogP contribution in [0.25, 0.3) is 11.0 Å². The second-order valence-corrected chi connectivity index (χ2v) is 8.90. The van der Waals surface area contributed by atoms with Crippen molar-refractivity contribution in [3.8, 4) is 11.5 Å². The average Bonchev–Trinajstić information content (AvgIpc) is 3.16. The van der Waals surface area contributed by atoms with Crippen molar-refractivity contribution in [2.45, 2.75) is 20.8 Å². The normalized spacial score (nSPS) is 10.9. The molecule has 0 saturated carbocycles. The Morgan fingerprint density at radius 1 is 1.00 bits per heavy atom. The number of carbonyl (C=O) groups excluding carboxylic acids is 2. The second kappa shape index (κ2) is 9.73. The molecule has 6 nitrogen and oxygen atoms in total. The topological polar surface area (TPSA) is 77.8 Å². The van der Waals surface area contributed by atoms with E-state index in [1.54, 1.807) is 37.4 Å². The summed E-state index contributed by atoms with van der Waals surface area (Å²) in [6, 6.07) is 16.2. The molecule has 4 rings (SSSR count). The molecule has 174 valence electrons. The Morgan fingerprint density at radius 3 is 2.38 bits per heavy atom. The Morgan fingerprint density at radius 2 is 1.71 bits per heavy atom. The fraction of sp³-hybridized carbons (Fsp3) is 0.185. The molecule has 0 unspecified atom stereocenters. The number of fused-ring (bicyclic) bond motifs is 1. The predicted octanol–water partition coefficient (Wildman–Crippen LogP) is 6.38. The molecule has 0 spiro atoms. The quantitative estimate of drug-likeness (QED) is 0.285. The number of halogens is 1. The van der Waals surface area contributed by atoms with Gasteiger partial charge in [-0.2, -0.15) is 0 Å².